The smallest absolute Gasteiger partial charge is 0.328 e. The molecule has 2 rings (SSSR count). The molecule has 0 radical (unpaired) electrons. The van der Waals surface area contributed by atoms with Crippen molar-refractivity contribution in [1.82, 2.24) is 4.31 Å². The largest absolute Gasteiger partial charge is 0.417 e. The van der Waals surface area contributed by atoms with Crippen molar-refractivity contribution < 1.29 is 21.6 Å². The molecule has 0 saturated carbocycles. The number of halogens is 4. The molecule has 2 N–H and O–H groups in total. The zero-order chi connectivity index (χ0) is 17.4. The van der Waals surface area contributed by atoms with Gasteiger partial charge in [-0.2, -0.15) is 17.5 Å². The molecule has 4 nitrogen and oxygen atoms in total. The van der Waals surface area contributed by atoms with Crippen LogP contribution in [0, 0.1) is 5.92 Å². The molecule has 1 aliphatic heterocycles. The van der Waals surface area contributed by atoms with E-state index in [1.807, 2.05) is 0 Å². The van der Waals surface area contributed by atoms with Crippen LogP contribution in [0.4, 0.5) is 13.2 Å². The predicted molar refractivity (Wildman–Crippen MR) is 81.6 cm³/mol. The van der Waals surface area contributed by atoms with E-state index in [0.29, 0.717) is 12.5 Å². The van der Waals surface area contributed by atoms with Gasteiger partial charge >= 0.3 is 6.18 Å². The number of hydrogen-bond acceptors (Lipinski definition) is 3. The number of alkyl halides is 3. The quantitative estimate of drug-likeness (QED) is 0.889. The van der Waals surface area contributed by atoms with Crippen molar-refractivity contribution in [1.29, 1.82) is 0 Å². The Labute approximate surface area is 138 Å². The minimum atomic E-state index is -4.80. The average Bonchev–Trinajstić information content (AvgIpc) is 2.46. The first-order valence-corrected chi connectivity index (χ1v) is 8.97. The second-order valence-corrected chi connectivity index (χ2v) is 8.11. The minimum absolute atomic E-state index is 0.0693. The number of nitrogens with two attached hydrogens (primary N) is 1. The second-order valence-electron chi connectivity index (χ2n) is 5.76. The van der Waals surface area contributed by atoms with Gasteiger partial charge in [-0.05, 0) is 43.9 Å². The van der Waals surface area contributed by atoms with Gasteiger partial charge in [-0.25, -0.2) is 8.42 Å². The summed E-state index contributed by atoms with van der Waals surface area (Å²) in [7, 11) is -4.26. The summed E-state index contributed by atoms with van der Waals surface area (Å²) in [5.41, 5.74) is 4.57. The van der Waals surface area contributed by atoms with E-state index in [4.69, 9.17) is 17.3 Å². The molecule has 1 aliphatic rings. The van der Waals surface area contributed by atoms with Gasteiger partial charge in [-0.3, -0.25) is 0 Å². The van der Waals surface area contributed by atoms with E-state index >= 15 is 0 Å². The summed E-state index contributed by atoms with van der Waals surface area (Å²) in [6.07, 6.45) is -3.47. The minimum Gasteiger partial charge on any atom is -0.328 e. The maximum Gasteiger partial charge on any atom is 0.417 e. The Balaban J connectivity index is 2.44. The van der Waals surface area contributed by atoms with Crippen LogP contribution >= 0.6 is 11.6 Å². The van der Waals surface area contributed by atoms with E-state index in [1.165, 1.54) is 0 Å². The van der Waals surface area contributed by atoms with Crippen LogP contribution in [-0.2, 0) is 16.2 Å². The van der Waals surface area contributed by atoms with Crippen molar-refractivity contribution in [3.63, 3.8) is 0 Å². The molecular weight excluding hydrogens is 353 g/mol. The van der Waals surface area contributed by atoms with Crippen molar-refractivity contribution in [3.05, 3.63) is 28.8 Å². The van der Waals surface area contributed by atoms with Crippen molar-refractivity contribution in [3.8, 4) is 0 Å². The maximum absolute atomic E-state index is 13.2. The summed E-state index contributed by atoms with van der Waals surface area (Å²) in [6.45, 7) is 2.08. The normalized spacial score (nSPS) is 22.1. The summed E-state index contributed by atoms with van der Waals surface area (Å²) in [4.78, 5) is -0.764. The second kappa shape index (κ2) is 6.58. The fraction of sp³-hybridized carbons (Fsp3) is 0.571. The molecule has 130 valence electrons. The zero-order valence-electron chi connectivity index (χ0n) is 12.5. The molecule has 0 spiro atoms. The van der Waals surface area contributed by atoms with Crippen LogP contribution in [0.5, 0.6) is 0 Å². The first-order valence-electron chi connectivity index (χ1n) is 7.16. The molecule has 1 aromatic carbocycles. The Morgan fingerprint density at radius 2 is 2.04 bits per heavy atom. The van der Waals surface area contributed by atoms with Crippen LogP contribution < -0.4 is 5.73 Å². The number of sulfonamides is 1. The van der Waals surface area contributed by atoms with E-state index in [0.717, 1.165) is 22.9 Å². The maximum atomic E-state index is 13.2. The molecule has 1 heterocycles. The molecular formula is C14H18ClF3N2O2S. The van der Waals surface area contributed by atoms with E-state index in [9.17, 15) is 21.6 Å². The molecule has 0 unspecified atom stereocenters. The third-order valence-electron chi connectivity index (χ3n) is 4.03. The van der Waals surface area contributed by atoms with Crippen molar-refractivity contribution in [2.45, 2.75) is 36.9 Å². The van der Waals surface area contributed by atoms with Crippen LogP contribution in [-0.4, -0.2) is 31.9 Å². The van der Waals surface area contributed by atoms with Gasteiger partial charge < -0.3 is 5.73 Å². The summed E-state index contributed by atoms with van der Waals surface area (Å²) < 4.78 is 65.9. The first kappa shape index (κ1) is 18.5. The van der Waals surface area contributed by atoms with Crippen LogP contribution in [0.1, 0.15) is 25.3 Å². The van der Waals surface area contributed by atoms with Crippen LogP contribution in [0.2, 0.25) is 5.02 Å². The summed E-state index contributed by atoms with van der Waals surface area (Å²) in [5, 5.41) is -0.164. The van der Waals surface area contributed by atoms with Crippen LogP contribution in [0.15, 0.2) is 23.1 Å². The summed E-state index contributed by atoms with van der Waals surface area (Å²) in [5.74, 6) is -0.0693. The van der Waals surface area contributed by atoms with Crippen LogP contribution in [0.3, 0.4) is 0 Å². The molecule has 2 atom stereocenters. The Morgan fingerprint density at radius 1 is 1.39 bits per heavy atom. The highest BCUT2D eigenvalue weighted by atomic mass is 35.5. The predicted octanol–water partition coefficient (Wildman–Crippen LogP) is 3.11. The molecule has 0 amide bonds. The lowest BCUT2D eigenvalue weighted by Gasteiger charge is -2.34. The fourth-order valence-corrected chi connectivity index (χ4v) is 4.61. The molecule has 0 bridgehead atoms. The summed E-state index contributed by atoms with van der Waals surface area (Å²) >= 11 is 5.60. The van der Waals surface area contributed by atoms with Gasteiger partial charge in [0.05, 0.1) is 10.5 Å². The SMILES string of the molecule is C[C@@H](N)[C@@H]1CCCN(S(=O)(=O)c2ccc(Cl)cc2C(F)(F)F)C1. The first-order chi connectivity index (χ1) is 10.5. The third kappa shape index (κ3) is 3.99. The molecule has 23 heavy (non-hydrogen) atoms. The molecule has 0 aromatic heterocycles. The van der Waals surface area contributed by atoms with Gasteiger partial charge in [0.25, 0.3) is 0 Å². The Bertz CT molecular complexity index is 677. The zero-order valence-corrected chi connectivity index (χ0v) is 14.0. The van der Waals surface area contributed by atoms with Gasteiger partial charge in [0.2, 0.25) is 10.0 Å². The average molecular weight is 371 g/mol. The topological polar surface area (TPSA) is 63.4 Å². The highest BCUT2D eigenvalue weighted by Crippen LogP contribution is 2.37. The Kier molecular flexibility index (Phi) is 5.30. The lowest BCUT2D eigenvalue weighted by atomic mass is 9.93. The van der Waals surface area contributed by atoms with Crippen molar-refractivity contribution in [2.24, 2.45) is 11.7 Å². The van der Waals surface area contributed by atoms with Crippen LogP contribution in [0.25, 0.3) is 0 Å². The lowest BCUT2D eigenvalue weighted by Crippen LogP contribution is -2.45. The van der Waals surface area contributed by atoms with Gasteiger partial charge in [-0.15, -0.1) is 0 Å². The monoisotopic (exact) mass is 370 g/mol. The number of benzene rings is 1. The highest BCUT2D eigenvalue weighted by molar-refractivity contribution is 7.89. The Hall–Kier alpha value is -0.830. The Morgan fingerprint density at radius 3 is 2.61 bits per heavy atom. The fourth-order valence-electron chi connectivity index (χ4n) is 2.71. The van der Waals surface area contributed by atoms with E-state index in [1.54, 1.807) is 6.92 Å². The number of piperidine rings is 1. The number of hydrogen-bond donors (Lipinski definition) is 1. The van der Waals surface area contributed by atoms with Gasteiger partial charge in [0.1, 0.15) is 0 Å². The van der Waals surface area contributed by atoms with Crippen molar-refractivity contribution in [2.75, 3.05) is 13.1 Å². The molecule has 1 aromatic rings. The van der Waals surface area contributed by atoms with E-state index in [-0.39, 0.29) is 30.1 Å². The number of nitrogens with zero attached hydrogens (tertiary/aromatic N) is 1. The standard InChI is InChI=1S/C14H18ClF3N2O2S/c1-9(19)10-3-2-6-20(8-10)23(21,22)13-5-4-11(15)7-12(13)14(16,17)18/h4-5,7,9-10H,2-3,6,8,19H2,1H3/t9-,10-/m1/s1. The van der Waals surface area contributed by atoms with Crippen molar-refractivity contribution >= 4 is 21.6 Å². The van der Waals surface area contributed by atoms with Gasteiger partial charge in [0.15, 0.2) is 0 Å². The molecule has 9 heteroatoms. The molecule has 1 saturated heterocycles. The van der Waals surface area contributed by atoms with Gasteiger partial charge in [0, 0.05) is 24.2 Å². The third-order valence-corrected chi connectivity index (χ3v) is 6.19. The van der Waals surface area contributed by atoms with E-state index < -0.39 is 26.7 Å². The summed E-state index contributed by atoms with van der Waals surface area (Å²) in [6, 6.07) is 2.48. The highest BCUT2D eigenvalue weighted by Gasteiger charge is 2.40. The van der Waals surface area contributed by atoms with E-state index in [2.05, 4.69) is 0 Å². The van der Waals surface area contributed by atoms with Gasteiger partial charge in [-0.1, -0.05) is 11.6 Å². The number of rotatable bonds is 3. The molecule has 0 aliphatic carbocycles. The lowest BCUT2D eigenvalue weighted by molar-refractivity contribution is -0.139. The molecule has 1 fully saturated rings.